The maximum absolute atomic E-state index is 11.3. The lowest BCUT2D eigenvalue weighted by atomic mass is 10.2. The first-order valence-electron chi connectivity index (χ1n) is 4.33. The van der Waals surface area contributed by atoms with E-state index >= 15 is 0 Å². The molecule has 0 saturated heterocycles. The van der Waals surface area contributed by atoms with Gasteiger partial charge in [0.1, 0.15) is 5.75 Å². The van der Waals surface area contributed by atoms with E-state index in [9.17, 15) is 16.8 Å². The highest BCUT2D eigenvalue weighted by Crippen LogP contribution is 2.13. The Balaban J connectivity index is 4.65. The molecule has 0 bridgehead atoms. The summed E-state index contributed by atoms with van der Waals surface area (Å²) in [6.07, 6.45) is 1.05. The first kappa shape index (κ1) is 15.8. The molecule has 0 fully saturated rings. The van der Waals surface area contributed by atoms with Gasteiger partial charge in [-0.1, -0.05) is 12.2 Å². The topological polar surface area (TPSA) is 106 Å². The van der Waals surface area contributed by atoms with E-state index in [4.69, 9.17) is 5.73 Å². The van der Waals surface area contributed by atoms with Crippen LogP contribution >= 0.6 is 12.2 Å². The van der Waals surface area contributed by atoms with E-state index < -0.39 is 30.4 Å². The Labute approximate surface area is 102 Å². The van der Waals surface area contributed by atoms with Gasteiger partial charge in [0.25, 0.3) is 0 Å². The van der Waals surface area contributed by atoms with Crippen LogP contribution in [0.1, 0.15) is 13.8 Å². The van der Waals surface area contributed by atoms with Crippen molar-refractivity contribution in [3.8, 4) is 0 Å². The van der Waals surface area contributed by atoms with Crippen LogP contribution in [0.3, 0.4) is 0 Å². The molecule has 0 saturated carbocycles. The average molecular weight is 288 g/mol. The predicted molar refractivity (Wildman–Crippen MR) is 67.5 cm³/mol. The second kappa shape index (κ2) is 4.94. The first-order valence-corrected chi connectivity index (χ1v) is 8.28. The molecule has 0 atom stereocenters. The molecular weight excluding hydrogens is 272 g/mol. The van der Waals surface area contributed by atoms with E-state index in [1.54, 1.807) is 0 Å². The predicted octanol–water partition coefficient (Wildman–Crippen LogP) is -0.985. The maximum Gasteiger partial charge on any atom is 0.218 e. The van der Waals surface area contributed by atoms with Gasteiger partial charge >= 0.3 is 0 Å². The third kappa shape index (κ3) is 5.19. The van der Waals surface area contributed by atoms with Crippen molar-refractivity contribution in [1.29, 1.82) is 0 Å². The van der Waals surface area contributed by atoms with Gasteiger partial charge in [0.15, 0.2) is 9.84 Å². The van der Waals surface area contributed by atoms with Gasteiger partial charge in [-0.15, -0.1) is 0 Å². The second-order valence-electron chi connectivity index (χ2n) is 4.08. The molecule has 0 aliphatic carbocycles. The van der Waals surface area contributed by atoms with Crippen LogP contribution in [-0.4, -0.2) is 45.1 Å². The van der Waals surface area contributed by atoms with E-state index in [0.717, 1.165) is 6.26 Å². The van der Waals surface area contributed by atoms with Gasteiger partial charge in [-0.25, -0.2) is 21.6 Å². The molecule has 96 valence electrons. The highest BCUT2D eigenvalue weighted by Gasteiger charge is 2.31. The summed E-state index contributed by atoms with van der Waals surface area (Å²) >= 11 is 4.47. The number of thiocarbonyl (C=S) groups is 1. The Morgan fingerprint density at radius 1 is 1.31 bits per heavy atom. The Morgan fingerprint density at radius 3 is 2.06 bits per heavy atom. The number of nitrogens with one attached hydrogen (secondary N) is 1. The van der Waals surface area contributed by atoms with Crippen molar-refractivity contribution < 1.29 is 16.8 Å². The molecule has 0 aromatic carbocycles. The summed E-state index contributed by atoms with van der Waals surface area (Å²) in [6, 6.07) is 0. The number of rotatable bonds is 6. The van der Waals surface area contributed by atoms with Gasteiger partial charge in [0.2, 0.25) is 10.0 Å². The van der Waals surface area contributed by atoms with Crippen LogP contribution in [0.25, 0.3) is 0 Å². The van der Waals surface area contributed by atoms with E-state index in [1.165, 1.54) is 13.8 Å². The van der Waals surface area contributed by atoms with Crippen molar-refractivity contribution in [3.05, 3.63) is 0 Å². The molecule has 0 aromatic heterocycles. The molecule has 0 spiro atoms. The molecule has 16 heavy (non-hydrogen) atoms. The molecule has 0 unspecified atom stereocenters. The quantitative estimate of drug-likeness (QED) is 0.608. The van der Waals surface area contributed by atoms with Crippen molar-refractivity contribution in [3.63, 3.8) is 0 Å². The van der Waals surface area contributed by atoms with E-state index in [0.29, 0.717) is 0 Å². The number of hydrogen-bond acceptors (Lipinski definition) is 5. The summed E-state index contributed by atoms with van der Waals surface area (Å²) in [6.45, 7) is 2.66. The van der Waals surface area contributed by atoms with Gasteiger partial charge in [-0.3, -0.25) is 0 Å². The number of sulfone groups is 1. The highest BCUT2D eigenvalue weighted by atomic mass is 32.2. The third-order valence-corrected chi connectivity index (χ3v) is 5.81. The van der Waals surface area contributed by atoms with Crippen molar-refractivity contribution >= 4 is 37.1 Å². The van der Waals surface area contributed by atoms with Crippen LogP contribution in [0.2, 0.25) is 0 Å². The fraction of sp³-hybridized carbons (Fsp3) is 0.857. The van der Waals surface area contributed by atoms with Crippen molar-refractivity contribution in [2.24, 2.45) is 5.73 Å². The molecule has 0 aromatic rings. The molecule has 6 nitrogen and oxygen atoms in total. The lowest BCUT2D eigenvalue weighted by Gasteiger charge is -2.22. The zero-order valence-corrected chi connectivity index (χ0v) is 11.8. The number of sulfonamides is 1. The van der Waals surface area contributed by atoms with Crippen LogP contribution in [0.4, 0.5) is 0 Å². The lowest BCUT2D eigenvalue weighted by Crippen LogP contribution is -2.45. The van der Waals surface area contributed by atoms with Crippen molar-refractivity contribution in [2.75, 3.05) is 18.6 Å². The van der Waals surface area contributed by atoms with Gasteiger partial charge in [-0.05, 0) is 13.8 Å². The van der Waals surface area contributed by atoms with E-state index in [2.05, 4.69) is 16.9 Å². The Bertz CT molecular complexity index is 464. The first-order chi connectivity index (χ1) is 6.87. The minimum absolute atomic E-state index is 0.162. The molecule has 0 radical (unpaired) electrons. The van der Waals surface area contributed by atoms with Crippen LogP contribution in [0.5, 0.6) is 0 Å². The lowest BCUT2D eigenvalue weighted by molar-refractivity contribution is 0.538. The van der Waals surface area contributed by atoms with Crippen molar-refractivity contribution in [2.45, 2.75) is 18.6 Å². The monoisotopic (exact) mass is 288 g/mol. The van der Waals surface area contributed by atoms with E-state index in [1.807, 2.05) is 0 Å². The molecule has 0 amide bonds. The largest absolute Gasteiger partial charge is 0.392 e. The van der Waals surface area contributed by atoms with Gasteiger partial charge < -0.3 is 5.73 Å². The Morgan fingerprint density at radius 2 is 1.75 bits per heavy atom. The molecule has 0 rings (SSSR count). The average Bonchev–Trinajstić information content (AvgIpc) is 1.96. The third-order valence-electron chi connectivity index (χ3n) is 2.05. The number of hydrogen-bond donors (Lipinski definition) is 2. The fourth-order valence-electron chi connectivity index (χ4n) is 0.653. The minimum atomic E-state index is -3.65. The molecule has 3 N–H and O–H groups in total. The Kier molecular flexibility index (Phi) is 4.87. The Hall–Kier alpha value is -0.250. The van der Waals surface area contributed by atoms with Gasteiger partial charge in [0.05, 0.1) is 9.74 Å². The highest BCUT2D eigenvalue weighted by molar-refractivity contribution is 7.93. The van der Waals surface area contributed by atoms with Crippen LogP contribution < -0.4 is 10.5 Å². The molecule has 0 aliphatic rings. The summed E-state index contributed by atoms with van der Waals surface area (Å²) in [4.78, 5) is -0.162. The van der Waals surface area contributed by atoms with Gasteiger partial charge in [-0.2, -0.15) is 0 Å². The van der Waals surface area contributed by atoms with Crippen LogP contribution in [0.15, 0.2) is 0 Å². The summed E-state index contributed by atoms with van der Waals surface area (Å²) in [5.74, 6) is -0.484. The number of nitrogens with two attached hydrogens (primary N) is 1. The second-order valence-corrected chi connectivity index (χ2v) is 9.06. The fourth-order valence-corrected chi connectivity index (χ4v) is 2.60. The normalized spacial score (nSPS) is 13.7. The summed E-state index contributed by atoms with van der Waals surface area (Å²) in [5, 5.41) is 0. The molecule has 9 heteroatoms. The van der Waals surface area contributed by atoms with E-state index in [-0.39, 0.29) is 11.5 Å². The molecular formula is C7H16N2O4S3. The molecule has 0 aliphatic heterocycles. The zero-order valence-electron chi connectivity index (χ0n) is 9.35. The standard InChI is InChI=1S/C7H16N2O4S3/c1-7(2,15(3,10)11)5-9-16(12,13)4-6(8)14/h9H,4-5H2,1-3H3,(H2,8,14). The smallest absolute Gasteiger partial charge is 0.218 e. The summed E-state index contributed by atoms with van der Waals surface area (Å²) in [7, 11) is -7.00. The minimum Gasteiger partial charge on any atom is -0.392 e. The van der Waals surface area contributed by atoms with Crippen LogP contribution in [-0.2, 0) is 19.9 Å². The SMILES string of the molecule is CC(C)(CNS(=O)(=O)CC(N)=S)S(C)(=O)=O. The maximum atomic E-state index is 11.3. The summed E-state index contributed by atoms with van der Waals surface area (Å²) in [5.41, 5.74) is 5.10. The summed E-state index contributed by atoms with van der Waals surface area (Å²) < 4.78 is 46.3. The van der Waals surface area contributed by atoms with Crippen LogP contribution in [0, 0.1) is 0 Å². The zero-order chi connectivity index (χ0) is 13.2. The molecule has 0 heterocycles. The van der Waals surface area contributed by atoms with Crippen molar-refractivity contribution in [1.82, 2.24) is 4.72 Å². The van der Waals surface area contributed by atoms with Gasteiger partial charge in [0, 0.05) is 12.8 Å².